The van der Waals surface area contributed by atoms with Crippen molar-refractivity contribution in [3.05, 3.63) is 95.6 Å². The quantitative estimate of drug-likeness (QED) is 0.547. The van der Waals surface area contributed by atoms with Gasteiger partial charge in [-0.3, -0.25) is 4.79 Å². The number of carbonyl (C=O) groups is 1. The number of nitrogen functional groups attached to an aromatic ring is 1. The molecular formula is C20H20N2O3S. The maximum atomic E-state index is 12.0. The fraction of sp³-hybridized carbons (Fsp3) is 0.0500. The summed E-state index contributed by atoms with van der Waals surface area (Å²) in [6.45, 7) is 2.01. The van der Waals surface area contributed by atoms with Crippen molar-refractivity contribution in [1.82, 2.24) is 0 Å². The van der Waals surface area contributed by atoms with E-state index in [0.29, 0.717) is 5.69 Å². The van der Waals surface area contributed by atoms with E-state index in [4.69, 9.17) is 10.9 Å². The van der Waals surface area contributed by atoms with Crippen LogP contribution in [0.3, 0.4) is 0 Å². The smallest absolute Gasteiger partial charge is 0.238 e. The number of anilines is 1. The summed E-state index contributed by atoms with van der Waals surface area (Å²) < 4.78 is 21.4. The van der Waals surface area contributed by atoms with Gasteiger partial charge in [-0.2, -0.15) is 0 Å². The molecule has 3 aromatic carbocycles. The monoisotopic (exact) mass is 368 g/mol. The summed E-state index contributed by atoms with van der Waals surface area (Å²) in [5.41, 5.74) is 8.49. The lowest BCUT2D eigenvalue weighted by atomic mass is 10.0. The molecule has 0 heterocycles. The van der Waals surface area contributed by atoms with Gasteiger partial charge in [0.25, 0.3) is 0 Å². The van der Waals surface area contributed by atoms with Crippen molar-refractivity contribution >= 4 is 21.5 Å². The van der Waals surface area contributed by atoms with Gasteiger partial charge in [-0.15, -0.1) is 0 Å². The molecule has 4 N–H and O–H groups in total. The SMILES string of the molecule is Cc1ccc(C(=O)c2ccccc2)cc1.Nc1ccc(S(N)(=O)=O)cc1. The molecule has 0 amide bonds. The first-order valence-electron chi connectivity index (χ1n) is 7.82. The molecular weight excluding hydrogens is 348 g/mol. The first-order valence-corrected chi connectivity index (χ1v) is 9.37. The van der Waals surface area contributed by atoms with Gasteiger partial charge in [0.05, 0.1) is 4.90 Å². The van der Waals surface area contributed by atoms with Crippen molar-refractivity contribution in [3.63, 3.8) is 0 Å². The molecule has 3 aromatic rings. The lowest BCUT2D eigenvalue weighted by Gasteiger charge is -2.00. The molecule has 0 aliphatic heterocycles. The highest BCUT2D eigenvalue weighted by atomic mass is 32.2. The molecule has 134 valence electrons. The Balaban J connectivity index is 0.000000197. The van der Waals surface area contributed by atoms with E-state index in [2.05, 4.69) is 0 Å². The van der Waals surface area contributed by atoms with Crippen LogP contribution in [0.15, 0.2) is 83.8 Å². The number of aryl methyl sites for hydroxylation is 1. The summed E-state index contributed by atoms with van der Waals surface area (Å²) in [6.07, 6.45) is 0. The number of carbonyl (C=O) groups excluding carboxylic acids is 1. The van der Waals surface area contributed by atoms with Crippen molar-refractivity contribution in [2.75, 3.05) is 5.73 Å². The maximum Gasteiger partial charge on any atom is 0.238 e. The van der Waals surface area contributed by atoms with Gasteiger partial charge in [0.1, 0.15) is 0 Å². The summed E-state index contributed by atoms with van der Waals surface area (Å²) in [7, 11) is -3.58. The van der Waals surface area contributed by atoms with Gasteiger partial charge in [0.15, 0.2) is 5.78 Å². The van der Waals surface area contributed by atoms with Gasteiger partial charge in [-0.05, 0) is 31.2 Å². The molecule has 0 bridgehead atoms. The minimum Gasteiger partial charge on any atom is -0.399 e. The number of hydrogen-bond donors (Lipinski definition) is 2. The third kappa shape index (κ3) is 5.54. The van der Waals surface area contributed by atoms with Gasteiger partial charge >= 0.3 is 0 Å². The first kappa shape index (κ1) is 19.4. The van der Waals surface area contributed by atoms with Gasteiger partial charge < -0.3 is 5.73 Å². The first-order chi connectivity index (χ1) is 12.3. The average molecular weight is 368 g/mol. The number of nitrogens with two attached hydrogens (primary N) is 2. The Morgan fingerprint density at radius 1 is 0.769 bits per heavy atom. The van der Waals surface area contributed by atoms with Crippen molar-refractivity contribution in [2.24, 2.45) is 5.14 Å². The summed E-state index contributed by atoms with van der Waals surface area (Å²) in [5.74, 6) is 0.0793. The summed E-state index contributed by atoms with van der Waals surface area (Å²) in [6, 6.07) is 22.7. The molecule has 3 rings (SSSR count). The number of hydrogen-bond acceptors (Lipinski definition) is 4. The molecule has 0 aromatic heterocycles. The standard InChI is InChI=1S/C14H12O.C6H8N2O2S/c1-11-7-9-13(10-8-11)14(15)12-5-3-2-4-6-12;7-5-1-3-6(4-2-5)11(8,9)10/h2-10H,1H3;1-4H,7H2,(H2,8,9,10). The van der Waals surface area contributed by atoms with Gasteiger partial charge in [-0.25, -0.2) is 13.6 Å². The molecule has 0 saturated carbocycles. The highest BCUT2D eigenvalue weighted by molar-refractivity contribution is 7.89. The minimum absolute atomic E-state index is 0.0756. The Hall–Kier alpha value is -2.96. The maximum absolute atomic E-state index is 12.0. The minimum atomic E-state index is -3.58. The summed E-state index contributed by atoms with van der Waals surface area (Å²) in [5, 5.41) is 4.84. The summed E-state index contributed by atoms with van der Waals surface area (Å²) in [4.78, 5) is 12.0. The fourth-order valence-electron chi connectivity index (χ4n) is 2.12. The van der Waals surface area contributed by atoms with Crippen LogP contribution < -0.4 is 10.9 Å². The fourth-order valence-corrected chi connectivity index (χ4v) is 2.63. The third-order valence-corrected chi connectivity index (χ3v) is 4.49. The van der Waals surface area contributed by atoms with E-state index in [1.165, 1.54) is 29.8 Å². The van der Waals surface area contributed by atoms with E-state index >= 15 is 0 Å². The lowest BCUT2D eigenvalue weighted by molar-refractivity contribution is 0.103. The second kappa shape index (κ2) is 8.42. The number of rotatable bonds is 3. The largest absolute Gasteiger partial charge is 0.399 e. The second-order valence-corrected chi connectivity index (χ2v) is 7.24. The predicted molar refractivity (Wildman–Crippen MR) is 103 cm³/mol. The van der Waals surface area contributed by atoms with Crippen molar-refractivity contribution < 1.29 is 13.2 Å². The number of sulfonamides is 1. The van der Waals surface area contributed by atoms with Crippen LogP contribution in [0.25, 0.3) is 0 Å². The highest BCUT2D eigenvalue weighted by Gasteiger charge is 2.07. The zero-order valence-corrected chi connectivity index (χ0v) is 15.1. The van der Waals surface area contributed by atoms with Crippen molar-refractivity contribution in [2.45, 2.75) is 11.8 Å². The average Bonchev–Trinajstić information content (AvgIpc) is 2.63. The van der Waals surface area contributed by atoms with Crippen LogP contribution in [0.4, 0.5) is 5.69 Å². The van der Waals surface area contributed by atoms with Crippen molar-refractivity contribution in [1.29, 1.82) is 0 Å². The van der Waals surface area contributed by atoms with E-state index in [1.54, 1.807) is 0 Å². The molecule has 0 unspecified atom stereocenters. The van der Waals surface area contributed by atoms with E-state index in [9.17, 15) is 13.2 Å². The van der Waals surface area contributed by atoms with Crippen LogP contribution >= 0.6 is 0 Å². The zero-order valence-electron chi connectivity index (χ0n) is 14.3. The topological polar surface area (TPSA) is 103 Å². The Bertz CT molecular complexity index is 966. The number of primary sulfonamides is 1. The summed E-state index contributed by atoms with van der Waals surface area (Å²) >= 11 is 0. The van der Waals surface area contributed by atoms with E-state index < -0.39 is 10.0 Å². The second-order valence-electron chi connectivity index (χ2n) is 5.68. The molecule has 0 fully saturated rings. The van der Waals surface area contributed by atoms with Gasteiger partial charge in [-0.1, -0.05) is 60.2 Å². The van der Waals surface area contributed by atoms with E-state index in [1.807, 2.05) is 61.5 Å². The Labute approximate surface area is 153 Å². The molecule has 0 radical (unpaired) electrons. The zero-order chi connectivity index (χ0) is 19.2. The van der Waals surface area contributed by atoms with E-state index in [-0.39, 0.29) is 10.7 Å². The predicted octanol–water partition coefficient (Wildman–Crippen LogP) is 3.14. The van der Waals surface area contributed by atoms with Crippen LogP contribution in [-0.4, -0.2) is 14.2 Å². The Morgan fingerprint density at radius 3 is 1.77 bits per heavy atom. The van der Waals surface area contributed by atoms with Crippen LogP contribution in [0.2, 0.25) is 0 Å². The van der Waals surface area contributed by atoms with Crippen LogP contribution in [0.1, 0.15) is 21.5 Å². The molecule has 5 nitrogen and oxygen atoms in total. The number of benzene rings is 3. The molecule has 0 atom stereocenters. The highest BCUT2D eigenvalue weighted by Crippen LogP contribution is 2.10. The number of ketones is 1. The molecule has 26 heavy (non-hydrogen) atoms. The lowest BCUT2D eigenvalue weighted by Crippen LogP contribution is -2.11. The molecule has 6 heteroatoms. The van der Waals surface area contributed by atoms with Crippen LogP contribution in [-0.2, 0) is 10.0 Å². The molecule has 0 saturated heterocycles. The van der Waals surface area contributed by atoms with Gasteiger partial charge in [0.2, 0.25) is 10.0 Å². The van der Waals surface area contributed by atoms with Crippen molar-refractivity contribution in [3.8, 4) is 0 Å². The Kier molecular flexibility index (Phi) is 6.27. The van der Waals surface area contributed by atoms with Crippen LogP contribution in [0.5, 0.6) is 0 Å². The van der Waals surface area contributed by atoms with E-state index in [0.717, 1.165) is 11.1 Å². The Morgan fingerprint density at radius 2 is 1.27 bits per heavy atom. The van der Waals surface area contributed by atoms with Crippen LogP contribution in [0, 0.1) is 6.92 Å². The molecule has 0 spiro atoms. The van der Waals surface area contributed by atoms with Gasteiger partial charge in [0, 0.05) is 16.8 Å². The third-order valence-electron chi connectivity index (χ3n) is 3.56. The normalized spacial score (nSPS) is 10.5. The molecule has 0 aliphatic rings. The molecule has 0 aliphatic carbocycles.